The van der Waals surface area contributed by atoms with Gasteiger partial charge in [0.1, 0.15) is 29.8 Å². The first-order valence-corrected chi connectivity index (χ1v) is 18.8. The smallest absolute Gasteiger partial charge is 0.319 e. The lowest BCUT2D eigenvalue weighted by Crippen LogP contribution is -2.55. The maximum absolute atomic E-state index is 16.9. The van der Waals surface area contributed by atoms with Gasteiger partial charge in [0.2, 0.25) is 5.91 Å². The Bertz CT molecular complexity index is 1900. The van der Waals surface area contributed by atoms with Crippen LogP contribution in [0.2, 0.25) is 5.02 Å². The summed E-state index contributed by atoms with van der Waals surface area (Å²) in [5.74, 6) is -0.0866. The second kappa shape index (κ2) is 14.8. The van der Waals surface area contributed by atoms with Gasteiger partial charge in [-0.05, 0) is 49.8 Å². The van der Waals surface area contributed by atoms with Crippen molar-refractivity contribution in [2.75, 3.05) is 77.1 Å². The van der Waals surface area contributed by atoms with Crippen LogP contribution in [0.1, 0.15) is 50.0 Å². The van der Waals surface area contributed by atoms with Crippen molar-refractivity contribution >= 4 is 34.2 Å². The Hall–Kier alpha value is -3.96. The van der Waals surface area contributed by atoms with E-state index in [9.17, 15) is 14.4 Å². The minimum absolute atomic E-state index is 0.00280. The van der Waals surface area contributed by atoms with E-state index < -0.39 is 23.6 Å². The number of piperazine rings is 1. The molecule has 0 unspecified atom stereocenters. The first kappa shape index (κ1) is 35.1. The number of ether oxygens (including phenoxy) is 2. The van der Waals surface area contributed by atoms with Gasteiger partial charge in [0.25, 0.3) is 0 Å². The number of hydrogen-bond donors (Lipinski definition) is 0. The van der Waals surface area contributed by atoms with Gasteiger partial charge >= 0.3 is 6.01 Å². The molecular formula is C38H43ClF2N8O3. The van der Waals surface area contributed by atoms with Gasteiger partial charge in [0.05, 0.1) is 42.7 Å². The van der Waals surface area contributed by atoms with Crippen LogP contribution in [0.15, 0.2) is 36.5 Å². The monoisotopic (exact) mass is 732 g/mol. The number of halogens is 3. The largest absolute Gasteiger partial charge is 0.461 e. The van der Waals surface area contributed by atoms with Crippen LogP contribution < -0.4 is 9.64 Å². The predicted molar refractivity (Wildman–Crippen MR) is 193 cm³/mol. The zero-order valence-corrected chi connectivity index (χ0v) is 29.9. The van der Waals surface area contributed by atoms with E-state index in [0.29, 0.717) is 74.1 Å². The van der Waals surface area contributed by atoms with Crippen molar-refractivity contribution in [2.24, 2.45) is 0 Å². The third-order valence-corrected chi connectivity index (χ3v) is 11.6. The van der Waals surface area contributed by atoms with Crippen molar-refractivity contribution in [1.82, 2.24) is 29.7 Å². The topological polar surface area (TPSA) is 111 Å². The lowest BCUT2D eigenvalue weighted by atomic mass is 9.95. The number of anilines is 1. The van der Waals surface area contributed by atoms with Crippen molar-refractivity contribution in [2.45, 2.75) is 62.2 Å². The molecule has 3 aromatic rings. The number of hydrogen-bond acceptors (Lipinski definition) is 10. The molecular weight excluding hydrogens is 690 g/mol. The van der Waals surface area contributed by atoms with Crippen LogP contribution in [0.3, 0.4) is 0 Å². The summed E-state index contributed by atoms with van der Waals surface area (Å²) in [5.41, 5.74) is 1.30. The van der Waals surface area contributed by atoms with E-state index in [0.717, 1.165) is 50.9 Å². The standard InChI is InChI=1S/C38H43ClF2N8O3/c39-30-5-1-4-28(32(30)25-7-8-25)34-33(41)35-29(21-43-34)36(45-37(44-35)52-24-38-10-3-13-48(38)22-26(40)20-38)47-14-15-49(27(23-47)9-11-42)31(50)6-2-12-46-16-18-51-19-17-46/h1-2,4-6,21,25-27H,3,7-10,12-20,22-24H2/b6-2+/t26-,27+,38+/m1/s1. The van der Waals surface area contributed by atoms with Crippen LogP contribution in [0.4, 0.5) is 14.6 Å². The molecule has 1 amide bonds. The number of nitrogens with zero attached hydrogens (tertiary/aromatic N) is 8. The molecule has 6 heterocycles. The van der Waals surface area contributed by atoms with E-state index in [1.54, 1.807) is 23.2 Å². The molecule has 274 valence electrons. The summed E-state index contributed by atoms with van der Waals surface area (Å²) < 4.78 is 43.2. The zero-order valence-electron chi connectivity index (χ0n) is 29.2. The molecule has 8 rings (SSSR count). The molecule has 5 fully saturated rings. The summed E-state index contributed by atoms with van der Waals surface area (Å²) in [6.07, 6.45) is 8.35. The van der Waals surface area contributed by atoms with Gasteiger partial charge < -0.3 is 19.3 Å². The molecule has 1 saturated carbocycles. The molecule has 2 aromatic heterocycles. The van der Waals surface area contributed by atoms with Gasteiger partial charge in [-0.25, -0.2) is 8.78 Å². The summed E-state index contributed by atoms with van der Waals surface area (Å²) in [6, 6.07) is 7.28. The Morgan fingerprint density at radius 2 is 2.00 bits per heavy atom. The number of aromatic nitrogens is 3. The van der Waals surface area contributed by atoms with E-state index in [1.807, 2.05) is 23.1 Å². The second-order valence-electron chi connectivity index (χ2n) is 14.7. The third-order valence-electron chi connectivity index (χ3n) is 11.3. The summed E-state index contributed by atoms with van der Waals surface area (Å²) >= 11 is 6.64. The summed E-state index contributed by atoms with van der Waals surface area (Å²) in [7, 11) is 0. The molecule has 0 radical (unpaired) electrons. The molecule has 14 heteroatoms. The number of benzene rings is 1. The van der Waals surface area contributed by atoms with Crippen LogP contribution >= 0.6 is 11.6 Å². The minimum atomic E-state index is -0.924. The lowest BCUT2D eigenvalue weighted by molar-refractivity contribution is -0.128. The fourth-order valence-electron chi connectivity index (χ4n) is 8.49. The number of amides is 1. The van der Waals surface area contributed by atoms with E-state index in [4.69, 9.17) is 26.1 Å². The average molecular weight is 733 g/mol. The molecule has 1 aliphatic carbocycles. The molecule has 11 nitrogen and oxygen atoms in total. The highest BCUT2D eigenvalue weighted by Crippen LogP contribution is 2.48. The van der Waals surface area contributed by atoms with Crippen LogP contribution in [0, 0.1) is 17.1 Å². The molecule has 0 spiro atoms. The fraction of sp³-hybridized carbons (Fsp3) is 0.553. The minimum Gasteiger partial charge on any atom is -0.461 e. The molecule has 4 aliphatic heterocycles. The fourth-order valence-corrected chi connectivity index (χ4v) is 8.82. The van der Waals surface area contributed by atoms with Gasteiger partial charge in [-0.1, -0.05) is 29.8 Å². The van der Waals surface area contributed by atoms with Gasteiger partial charge in [0, 0.05) is 75.1 Å². The quantitative estimate of drug-likeness (QED) is 0.260. The van der Waals surface area contributed by atoms with Crippen LogP contribution in [-0.4, -0.2) is 125 Å². The average Bonchev–Trinajstić information content (AvgIpc) is 3.84. The molecule has 5 aliphatic rings. The van der Waals surface area contributed by atoms with E-state index in [2.05, 4.69) is 25.8 Å². The number of fused-ring (bicyclic) bond motifs is 2. The SMILES string of the molecule is N#CC[C@H]1CN(c2nc(OC[C@@]34CCCN3C[C@H](F)C4)nc3c(F)c(-c4cccc(Cl)c4C4CC4)ncc23)CCN1C(=O)/C=C/CN1CCOCC1. The molecule has 3 atom stereocenters. The summed E-state index contributed by atoms with van der Waals surface area (Å²) in [6.45, 7) is 6.06. The van der Waals surface area contributed by atoms with Gasteiger partial charge in [0.15, 0.2) is 5.82 Å². The Kier molecular flexibility index (Phi) is 10.00. The van der Waals surface area contributed by atoms with E-state index in [1.165, 1.54) is 0 Å². The van der Waals surface area contributed by atoms with E-state index >= 15 is 4.39 Å². The number of rotatable bonds is 10. The Balaban J connectivity index is 1.11. The number of morpholine rings is 1. The second-order valence-corrected chi connectivity index (χ2v) is 15.1. The maximum Gasteiger partial charge on any atom is 0.319 e. The Morgan fingerprint density at radius 1 is 1.15 bits per heavy atom. The predicted octanol–water partition coefficient (Wildman–Crippen LogP) is 5.14. The Morgan fingerprint density at radius 3 is 2.81 bits per heavy atom. The lowest BCUT2D eigenvalue weighted by Gasteiger charge is -2.41. The number of pyridine rings is 1. The zero-order chi connectivity index (χ0) is 35.8. The summed E-state index contributed by atoms with van der Waals surface area (Å²) in [4.78, 5) is 35.6. The van der Waals surface area contributed by atoms with Crippen molar-refractivity contribution in [3.63, 3.8) is 0 Å². The highest BCUT2D eigenvalue weighted by molar-refractivity contribution is 6.32. The molecule has 52 heavy (non-hydrogen) atoms. The van der Waals surface area contributed by atoms with Gasteiger partial charge in [-0.3, -0.25) is 19.6 Å². The van der Waals surface area contributed by atoms with Gasteiger partial charge in [-0.15, -0.1) is 0 Å². The highest BCUT2D eigenvalue weighted by atomic mass is 35.5. The van der Waals surface area contributed by atoms with Crippen LogP contribution in [0.5, 0.6) is 6.01 Å². The summed E-state index contributed by atoms with van der Waals surface area (Å²) in [5, 5.41) is 10.8. The normalized spacial score (nSPS) is 25.6. The molecule has 1 aromatic carbocycles. The van der Waals surface area contributed by atoms with Crippen molar-refractivity contribution in [1.29, 1.82) is 5.26 Å². The number of alkyl halides is 1. The molecule has 0 bridgehead atoms. The van der Waals surface area contributed by atoms with Gasteiger partial charge in [-0.2, -0.15) is 15.2 Å². The van der Waals surface area contributed by atoms with E-state index in [-0.39, 0.29) is 42.1 Å². The third kappa shape index (κ3) is 6.94. The first-order chi connectivity index (χ1) is 25.3. The number of carbonyl (C=O) groups excluding carboxylic acids is 1. The number of nitriles is 1. The van der Waals surface area contributed by atoms with Crippen molar-refractivity contribution < 1.29 is 23.0 Å². The van der Waals surface area contributed by atoms with Crippen molar-refractivity contribution in [3.8, 4) is 23.3 Å². The van der Waals surface area contributed by atoms with Crippen LogP contribution in [0.25, 0.3) is 22.2 Å². The molecule has 0 N–H and O–H groups in total. The highest BCUT2D eigenvalue weighted by Gasteiger charge is 2.49. The van der Waals surface area contributed by atoms with Crippen molar-refractivity contribution in [3.05, 3.63) is 53.0 Å². The maximum atomic E-state index is 16.9. The van der Waals surface area contributed by atoms with Crippen LogP contribution in [-0.2, 0) is 9.53 Å². The first-order valence-electron chi connectivity index (χ1n) is 18.4. The Labute approximate surface area is 307 Å². The number of carbonyl (C=O) groups is 1. The molecule has 4 saturated heterocycles.